The van der Waals surface area contributed by atoms with Gasteiger partial charge in [-0.2, -0.15) is 5.10 Å². The number of aromatic amines is 1. The maximum absolute atomic E-state index is 12.3. The maximum Gasteiger partial charge on any atom is 0.267 e. The molecule has 2 heterocycles. The SMILES string of the molecule is O=C(NCCn1nc(-c2ccc(Cl)cc2)ccc1=O)c1cc2ccccc2[nH]1. The lowest BCUT2D eigenvalue weighted by molar-refractivity contribution is 0.0947. The Morgan fingerprint density at radius 2 is 1.86 bits per heavy atom. The van der Waals surface area contributed by atoms with Gasteiger partial charge in [-0.25, -0.2) is 4.68 Å². The van der Waals surface area contributed by atoms with Gasteiger partial charge in [0.25, 0.3) is 11.5 Å². The molecule has 1 amide bonds. The third kappa shape index (κ3) is 3.82. The molecular weight excluding hydrogens is 376 g/mol. The van der Waals surface area contributed by atoms with Crippen molar-refractivity contribution in [3.8, 4) is 11.3 Å². The van der Waals surface area contributed by atoms with Gasteiger partial charge in [-0.3, -0.25) is 9.59 Å². The average molecular weight is 393 g/mol. The van der Waals surface area contributed by atoms with Crippen LogP contribution >= 0.6 is 11.6 Å². The van der Waals surface area contributed by atoms with Crippen LogP contribution in [0.25, 0.3) is 22.2 Å². The standard InChI is InChI=1S/C21H17ClN4O2/c22-16-7-5-14(6-8-16)18-9-10-20(27)26(25-18)12-11-23-21(28)19-13-15-3-1-2-4-17(15)24-19/h1-10,13,24H,11-12H2,(H,23,28). The first-order valence-corrected chi connectivity index (χ1v) is 9.18. The van der Waals surface area contributed by atoms with Gasteiger partial charge < -0.3 is 10.3 Å². The summed E-state index contributed by atoms with van der Waals surface area (Å²) in [6.07, 6.45) is 0. The summed E-state index contributed by atoms with van der Waals surface area (Å²) in [6.45, 7) is 0.553. The lowest BCUT2D eigenvalue weighted by Crippen LogP contribution is -2.32. The van der Waals surface area contributed by atoms with E-state index in [0.717, 1.165) is 16.5 Å². The number of halogens is 1. The van der Waals surface area contributed by atoms with Crippen molar-refractivity contribution in [1.82, 2.24) is 20.1 Å². The summed E-state index contributed by atoms with van der Waals surface area (Å²) in [4.78, 5) is 27.5. The molecule has 2 aromatic carbocycles. The zero-order chi connectivity index (χ0) is 19.5. The highest BCUT2D eigenvalue weighted by Gasteiger charge is 2.09. The highest BCUT2D eigenvalue weighted by molar-refractivity contribution is 6.30. The zero-order valence-corrected chi connectivity index (χ0v) is 15.6. The molecule has 6 nitrogen and oxygen atoms in total. The first kappa shape index (κ1) is 18.0. The van der Waals surface area contributed by atoms with E-state index in [0.29, 0.717) is 16.4 Å². The third-order valence-corrected chi connectivity index (χ3v) is 4.64. The number of nitrogens with one attached hydrogen (secondary N) is 2. The molecule has 4 aromatic rings. The number of benzene rings is 2. The molecule has 0 saturated carbocycles. The van der Waals surface area contributed by atoms with Gasteiger partial charge in [-0.1, -0.05) is 41.9 Å². The molecule has 28 heavy (non-hydrogen) atoms. The number of rotatable bonds is 5. The normalized spacial score (nSPS) is 10.9. The molecule has 0 unspecified atom stereocenters. The number of nitrogens with zero attached hydrogens (tertiary/aromatic N) is 2. The smallest absolute Gasteiger partial charge is 0.267 e. The van der Waals surface area contributed by atoms with E-state index in [9.17, 15) is 9.59 Å². The largest absolute Gasteiger partial charge is 0.351 e. The number of carbonyl (C=O) groups is 1. The van der Waals surface area contributed by atoms with Crippen LogP contribution in [0.15, 0.2) is 71.5 Å². The molecular formula is C21H17ClN4O2. The van der Waals surface area contributed by atoms with Gasteiger partial charge in [-0.05, 0) is 30.3 Å². The Balaban J connectivity index is 1.44. The van der Waals surface area contributed by atoms with Crippen molar-refractivity contribution in [2.75, 3.05) is 6.54 Å². The molecule has 0 radical (unpaired) electrons. The van der Waals surface area contributed by atoms with E-state index in [1.807, 2.05) is 36.4 Å². The monoisotopic (exact) mass is 392 g/mol. The van der Waals surface area contributed by atoms with Crippen LogP contribution in [0.2, 0.25) is 5.02 Å². The number of para-hydroxylation sites is 1. The number of fused-ring (bicyclic) bond motifs is 1. The second kappa shape index (κ2) is 7.70. The summed E-state index contributed by atoms with van der Waals surface area (Å²) in [5.41, 5.74) is 2.69. The van der Waals surface area contributed by atoms with Crippen LogP contribution in [0.1, 0.15) is 10.5 Å². The summed E-state index contributed by atoms with van der Waals surface area (Å²) < 4.78 is 1.34. The van der Waals surface area contributed by atoms with E-state index < -0.39 is 0 Å². The average Bonchev–Trinajstić information content (AvgIpc) is 3.14. The van der Waals surface area contributed by atoms with Crippen molar-refractivity contribution in [2.24, 2.45) is 0 Å². The number of aromatic nitrogens is 3. The molecule has 0 fully saturated rings. The zero-order valence-electron chi connectivity index (χ0n) is 14.9. The second-order valence-electron chi connectivity index (χ2n) is 6.31. The molecule has 7 heteroatoms. The Hall–Kier alpha value is -3.38. The summed E-state index contributed by atoms with van der Waals surface area (Å²) in [5.74, 6) is -0.224. The molecule has 0 spiro atoms. The van der Waals surface area contributed by atoms with Crippen molar-refractivity contribution >= 4 is 28.4 Å². The minimum atomic E-state index is -0.224. The molecule has 2 aromatic heterocycles. The fraction of sp³-hybridized carbons (Fsp3) is 0.0952. The fourth-order valence-electron chi connectivity index (χ4n) is 2.95. The minimum absolute atomic E-state index is 0.224. The molecule has 0 bridgehead atoms. The van der Waals surface area contributed by atoms with Crippen molar-refractivity contribution in [2.45, 2.75) is 6.54 Å². The summed E-state index contributed by atoms with van der Waals surface area (Å²) in [7, 11) is 0. The van der Waals surface area contributed by atoms with Crippen LogP contribution in [0, 0.1) is 0 Å². The number of hydrogen-bond acceptors (Lipinski definition) is 3. The number of hydrogen-bond donors (Lipinski definition) is 2. The van der Waals surface area contributed by atoms with E-state index in [-0.39, 0.29) is 24.6 Å². The van der Waals surface area contributed by atoms with Crippen LogP contribution in [-0.4, -0.2) is 27.2 Å². The molecule has 0 aliphatic carbocycles. The van der Waals surface area contributed by atoms with Crippen LogP contribution in [0.3, 0.4) is 0 Å². The number of carbonyl (C=O) groups excluding carboxylic acids is 1. The third-order valence-electron chi connectivity index (χ3n) is 4.39. The first-order valence-electron chi connectivity index (χ1n) is 8.80. The van der Waals surface area contributed by atoms with E-state index in [2.05, 4.69) is 15.4 Å². The predicted octanol–water partition coefficient (Wildman–Crippen LogP) is 3.48. The highest BCUT2D eigenvalue weighted by Crippen LogP contribution is 2.18. The van der Waals surface area contributed by atoms with Crippen molar-refractivity contribution < 1.29 is 4.79 Å². The fourth-order valence-corrected chi connectivity index (χ4v) is 3.08. The molecule has 2 N–H and O–H groups in total. The van der Waals surface area contributed by atoms with Crippen LogP contribution in [-0.2, 0) is 6.54 Å². The van der Waals surface area contributed by atoms with Gasteiger partial charge in [0.1, 0.15) is 5.69 Å². The molecule has 140 valence electrons. The topological polar surface area (TPSA) is 79.8 Å². The van der Waals surface area contributed by atoms with Crippen molar-refractivity contribution in [3.63, 3.8) is 0 Å². The summed E-state index contributed by atoms with van der Waals surface area (Å²) in [5, 5.41) is 8.80. The van der Waals surface area contributed by atoms with E-state index in [1.54, 1.807) is 24.3 Å². The molecule has 4 rings (SSSR count). The number of amides is 1. The maximum atomic E-state index is 12.3. The Bertz CT molecular complexity index is 1160. The van der Waals surface area contributed by atoms with Gasteiger partial charge in [0, 0.05) is 34.1 Å². The van der Waals surface area contributed by atoms with Crippen LogP contribution in [0.5, 0.6) is 0 Å². The Morgan fingerprint density at radius 1 is 1.07 bits per heavy atom. The van der Waals surface area contributed by atoms with E-state index in [4.69, 9.17) is 11.6 Å². The first-order chi connectivity index (χ1) is 13.6. The van der Waals surface area contributed by atoms with Gasteiger partial charge in [0.2, 0.25) is 0 Å². The number of H-pyrrole nitrogens is 1. The van der Waals surface area contributed by atoms with Gasteiger partial charge in [0.05, 0.1) is 12.2 Å². The van der Waals surface area contributed by atoms with Crippen LogP contribution < -0.4 is 10.9 Å². The molecule has 0 saturated heterocycles. The predicted molar refractivity (Wildman–Crippen MR) is 110 cm³/mol. The quantitative estimate of drug-likeness (QED) is 0.545. The van der Waals surface area contributed by atoms with Gasteiger partial charge in [0.15, 0.2) is 0 Å². The Morgan fingerprint density at radius 3 is 2.64 bits per heavy atom. The lowest BCUT2D eigenvalue weighted by Gasteiger charge is -2.08. The summed E-state index contributed by atoms with van der Waals surface area (Å²) in [6, 6.07) is 19.9. The van der Waals surface area contributed by atoms with Crippen LogP contribution in [0.4, 0.5) is 0 Å². The van der Waals surface area contributed by atoms with Crippen molar-refractivity contribution in [1.29, 1.82) is 0 Å². The van der Waals surface area contributed by atoms with Gasteiger partial charge >= 0.3 is 0 Å². The second-order valence-corrected chi connectivity index (χ2v) is 6.75. The molecule has 0 atom stereocenters. The molecule has 0 aliphatic heterocycles. The van der Waals surface area contributed by atoms with Gasteiger partial charge in [-0.15, -0.1) is 0 Å². The van der Waals surface area contributed by atoms with Crippen molar-refractivity contribution in [3.05, 3.63) is 87.8 Å². The van der Waals surface area contributed by atoms with E-state index >= 15 is 0 Å². The highest BCUT2D eigenvalue weighted by atomic mass is 35.5. The minimum Gasteiger partial charge on any atom is -0.351 e. The molecule has 0 aliphatic rings. The lowest BCUT2D eigenvalue weighted by atomic mass is 10.1. The summed E-state index contributed by atoms with van der Waals surface area (Å²) >= 11 is 5.91. The Kier molecular flexibility index (Phi) is 4.95. The van der Waals surface area contributed by atoms with E-state index in [1.165, 1.54) is 10.7 Å². The Labute approximate surface area is 165 Å².